The van der Waals surface area contributed by atoms with Crippen molar-refractivity contribution in [1.29, 1.82) is 0 Å². The second-order valence-electron chi connectivity index (χ2n) is 7.28. The molecule has 0 aromatic heterocycles. The first kappa shape index (κ1) is 20.9. The van der Waals surface area contributed by atoms with Crippen LogP contribution in [0.15, 0.2) is 30.3 Å². The monoisotopic (exact) mass is 381 g/mol. The van der Waals surface area contributed by atoms with E-state index in [0.29, 0.717) is 32.0 Å². The highest BCUT2D eigenvalue weighted by molar-refractivity contribution is 7.90. The van der Waals surface area contributed by atoms with Gasteiger partial charge in [-0.05, 0) is 50.1 Å². The number of nitrogens with zero attached hydrogens (tertiary/aromatic N) is 1. The van der Waals surface area contributed by atoms with Crippen LogP contribution in [0.25, 0.3) is 0 Å². The number of amides is 1. The summed E-state index contributed by atoms with van der Waals surface area (Å²) in [5.74, 6) is -0.231. The molecule has 0 bridgehead atoms. The van der Waals surface area contributed by atoms with Gasteiger partial charge >= 0.3 is 0 Å². The number of rotatable bonds is 9. The van der Waals surface area contributed by atoms with Gasteiger partial charge in [-0.2, -0.15) is 0 Å². The zero-order chi connectivity index (χ0) is 19.0. The molecule has 26 heavy (non-hydrogen) atoms. The molecule has 1 aliphatic rings. The molecule has 3 N–H and O–H groups in total. The van der Waals surface area contributed by atoms with Crippen LogP contribution in [0.5, 0.6) is 0 Å². The molecule has 1 aliphatic carbocycles. The molecule has 1 aromatic rings. The Morgan fingerprint density at radius 1 is 1.19 bits per heavy atom. The fourth-order valence-electron chi connectivity index (χ4n) is 3.31. The lowest BCUT2D eigenvalue weighted by Gasteiger charge is -2.27. The molecular formula is C19H31N3O3S. The van der Waals surface area contributed by atoms with Crippen LogP contribution >= 0.6 is 0 Å². The van der Waals surface area contributed by atoms with Crippen molar-refractivity contribution in [3.05, 3.63) is 35.9 Å². The van der Waals surface area contributed by atoms with Crippen LogP contribution in [0, 0.1) is 5.92 Å². The minimum absolute atomic E-state index is 0.0457. The Morgan fingerprint density at radius 2 is 1.85 bits per heavy atom. The van der Waals surface area contributed by atoms with Gasteiger partial charge in [-0.3, -0.25) is 4.79 Å². The van der Waals surface area contributed by atoms with Gasteiger partial charge < -0.3 is 10.6 Å². The van der Waals surface area contributed by atoms with Gasteiger partial charge in [0.2, 0.25) is 15.9 Å². The number of benzene rings is 1. The Bertz CT molecular complexity index is 656. The first-order valence-corrected chi connectivity index (χ1v) is 11.1. The van der Waals surface area contributed by atoms with Crippen molar-refractivity contribution in [3.63, 3.8) is 0 Å². The first-order chi connectivity index (χ1) is 12.4. The number of carbonyl (C=O) groups excluding carboxylic acids is 1. The standard InChI is InChI=1S/C19H31N3O3S/c1-16-8-10-18(11-9-16)21-26(24,25)15-19(23)22(13-5-12-20)14-17-6-3-2-4-7-17/h2-4,6-7,16,18,21H,5,8-15,20H2,1H3. The summed E-state index contributed by atoms with van der Waals surface area (Å²) in [5, 5.41) is 0. The third kappa shape index (κ3) is 7.05. The molecule has 0 radical (unpaired) electrons. The van der Waals surface area contributed by atoms with E-state index in [0.717, 1.165) is 31.2 Å². The lowest BCUT2D eigenvalue weighted by atomic mass is 9.88. The van der Waals surface area contributed by atoms with Crippen LogP contribution in [0.1, 0.15) is 44.6 Å². The molecule has 2 rings (SSSR count). The predicted octanol–water partition coefficient (Wildman–Crippen LogP) is 1.86. The largest absolute Gasteiger partial charge is 0.337 e. The van der Waals surface area contributed by atoms with Crippen LogP contribution in [-0.4, -0.2) is 44.1 Å². The Hall–Kier alpha value is -1.44. The van der Waals surface area contributed by atoms with E-state index in [1.165, 1.54) is 0 Å². The summed E-state index contributed by atoms with van der Waals surface area (Å²) in [4.78, 5) is 14.2. The van der Waals surface area contributed by atoms with E-state index in [2.05, 4.69) is 11.6 Å². The fraction of sp³-hybridized carbons (Fsp3) is 0.632. The van der Waals surface area contributed by atoms with Gasteiger partial charge in [0.1, 0.15) is 5.75 Å². The average Bonchev–Trinajstić information content (AvgIpc) is 2.60. The Morgan fingerprint density at radius 3 is 2.46 bits per heavy atom. The molecule has 1 fully saturated rings. The van der Waals surface area contributed by atoms with Crippen molar-refractivity contribution >= 4 is 15.9 Å². The van der Waals surface area contributed by atoms with Crippen molar-refractivity contribution in [1.82, 2.24) is 9.62 Å². The number of nitrogens with two attached hydrogens (primary N) is 1. The molecule has 146 valence electrons. The van der Waals surface area contributed by atoms with E-state index in [4.69, 9.17) is 5.73 Å². The lowest BCUT2D eigenvalue weighted by molar-refractivity contribution is -0.129. The third-order valence-electron chi connectivity index (χ3n) is 4.88. The minimum Gasteiger partial charge on any atom is -0.337 e. The molecule has 1 saturated carbocycles. The molecule has 0 heterocycles. The summed E-state index contributed by atoms with van der Waals surface area (Å²) in [7, 11) is -3.63. The molecular weight excluding hydrogens is 350 g/mol. The Kier molecular flexibility index (Phi) is 8.06. The van der Waals surface area contributed by atoms with Gasteiger partial charge in [0, 0.05) is 19.1 Å². The maximum absolute atomic E-state index is 12.6. The second-order valence-corrected chi connectivity index (χ2v) is 9.03. The molecule has 0 saturated heterocycles. The molecule has 0 unspecified atom stereocenters. The van der Waals surface area contributed by atoms with Crippen molar-refractivity contribution < 1.29 is 13.2 Å². The zero-order valence-electron chi connectivity index (χ0n) is 15.6. The first-order valence-electron chi connectivity index (χ1n) is 9.41. The molecule has 1 aromatic carbocycles. The summed E-state index contributed by atoms with van der Waals surface area (Å²) in [6, 6.07) is 9.54. The summed E-state index contributed by atoms with van der Waals surface area (Å²) in [6.07, 6.45) is 4.38. The van der Waals surface area contributed by atoms with Crippen LogP contribution in [0.3, 0.4) is 0 Å². The van der Waals surface area contributed by atoms with Gasteiger partial charge in [-0.15, -0.1) is 0 Å². The van der Waals surface area contributed by atoms with E-state index < -0.39 is 15.8 Å². The van der Waals surface area contributed by atoms with Crippen LogP contribution < -0.4 is 10.5 Å². The number of carbonyl (C=O) groups is 1. The van der Waals surface area contributed by atoms with E-state index in [1.54, 1.807) is 4.90 Å². The molecule has 6 nitrogen and oxygen atoms in total. The van der Waals surface area contributed by atoms with Crippen LogP contribution in [-0.2, 0) is 21.4 Å². The molecule has 0 atom stereocenters. The van der Waals surface area contributed by atoms with Gasteiger partial charge in [0.05, 0.1) is 0 Å². The minimum atomic E-state index is -3.63. The van der Waals surface area contributed by atoms with E-state index in [1.807, 2.05) is 30.3 Å². The van der Waals surface area contributed by atoms with Gasteiger partial charge in [0.25, 0.3) is 0 Å². The highest BCUT2D eigenvalue weighted by Crippen LogP contribution is 2.23. The van der Waals surface area contributed by atoms with Crippen LogP contribution in [0.2, 0.25) is 0 Å². The normalized spacial score (nSPS) is 20.7. The quantitative estimate of drug-likeness (QED) is 0.683. The topological polar surface area (TPSA) is 92.5 Å². The molecule has 0 spiro atoms. The van der Waals surface area contributed by atoms with Gasteiger partial charge in [-0.25, -0.2) is 13.1 Å². The van der Waals surface area contributed by atoms with E-state index in [-0.39, 0.29) is 11.9 Å². The SMILES string of the molecule is CC1CCC(NS(=O)(=O)CC(=O)N(CCCN)Cc2ccccc2)CC1. The zero-order valence-corrected chi connectivity index (χ0v) is 16.4. The highest BCUT2D eigenvalue weighted by Gasteiger charge is 2.26. The highest BCUT2D eigenvalue weighted by atomic mass is 32.2. The summed E-state index contributed by atoms with van der Waals surface area (Å²) in [6.45, 7) is 3.51. The average molecular weight is 382 g/mol. The van der Waals surface area contributed by atoms with Gasteiger partial charge in [-0.1, -0.05) is 37.3 Å². The smallest absolute Gasteiger partial charge is 0.239 e. The number of hydrogen-bond acceptors (Lipinski definition) is 4. The lowest BCUT2D eigenvalue weighted by Crippen LogP contribution is -2.44. The predicted molar refractivity (Wildman–Crippen MR) is 104 cm³/mol. The van der Waals surface area contributed by atoms with Gasteiger partial charge in [0.15, 0.2) is 0 Å². The molecule has 7 heteroatoms. The number of sulfonamides is 1. The van der Waals surface area contributed by atoms with Crippen molar-refractivity contribution in [2.45, 2.75) is 51.6 Å². The molecule has 0 aliphatic heterocycles. The maximum Gasteiger partial charge on any atom is 0.239 e. The van der Waals surface area contributed by atoms with Crippen molar-refractivity contribution in [3.8, 4) is 0 Å². The second kappa shape index (κ2) is 10.0. The van der Waals surface area contributed by atoms with Crippen LogP contribution in [0.4, 0.5) is 0 Å². The summed E-state index contributed by atoms with van der Waals surface area (Å²) < 4.78 is 27.6. The summed E-state index contributed by atoms with van der Waals surface area (Å²) in [5.41, 5.74) is 6.54. The van der Waals surface area contributed by atoms with E-state index >= 15 is 0 Å². The fourth-order valence-corrected chi connectivity index (χ4v) is 4.64. The summed E-state index contributed by atoms with van der Waals surface area (Å²) >= 11 is 0. The van der Waals surface area contributed by atoms with Crippen molar-refractivity contribution in [2.75, 3.05) is 18.8 Å². The maximum atomic E-state index is 12.6. The van der Waals surface area contributed by atoms with E-state index in [9.17, 15) is 13.2 Å². The molecule has 1 amide bonds. The third-order valence-corrected chi connectivity index (χ3v) is 6.20. The number of hydrogen-bond donors (Lipinski definition) is 2. The number of nitrogens with one attached hydrogen (secondary N) is 1. The Balaban J connectivity index is 1.95. The Labute approximate surface area is 157 Å². The van der Waals surface area contributed by atoms with Crippen molar-refractivity contribution in [2.24, 2.45) is 11.7 Å².